The van der Waals surface area contributed by atoms with Crippen LogP contribution in [0.4, 0.5) is 10.1 Å². The number of rotatable bonds is 6. The zero-order valence-corrected chi connectivity index (χ0v) is 15.0. The van der Waals surface area contributed by atoms with E-state index >= 15 is 0 Å². The van der Waals surface area contributed by atoms with Crippen molar-refractivity contribution in [1.29, 1.82) is 0 Å². The third-order valence-corrected chi connectivity index (χ3v) is 4.96. The summed E-state index contributed by atoms with van der Waals surface area (Å²) >= 11 is 5.73. The third-order valence-electron chi connectivity index (χ3n) is 4.67. The van der Waals surface area contributed by atoms with Gasteiger partial charge in [-0.05, 0) is 25.0 Å². The van der Waals surface area contributed by atoms with E-state index in [1.165, 1.54) is 23.2 Å². The molecule has 1 aromatic heterocycles. The van der Waals surface area contributed by atoms with Gasteiger partial charge in [-0.1, -0.05) is 23.7 Å². The molecular formula is C18H19ClFN3O3. The zero-order chi connectivity index (χ0) is 18.9. The number of ketones is 1. The monoisotopic (exact) mass is 379 g/mol. The molecule has 0 aliphatic carbocycles. The summed E-state index contributed by atoms with van der Waals surface area (Å²) < 4.78 is 15.6. The van der Waals surface area contributed by atoms with Gasteiger partial charge in [-0.25, -0.2) is 4.39 Å². The molecule has 0 spiro atoms. The Morgan fingerprint density at radius 2 is 2.23 bits per heavy atom. The highest BCUT2D eigenvalue weighted by Crippen LogP contribution is 2.30. The first-order valence-corrected chi connectivity index (χ1v) is 8.77. The Balaban J connectivity index is 1.70. The minimum atomic E-state index is -2.08. The Labute approximate surface area is 155 Å². The molecular weight excluding hydrogens is 361 g/mol. The quantitative estimate of drug-likeness (QED) is 0.782. The first-order chi connectivity index (χ1) is 12.4. The van der Waals surface area contributed by atoms with Crippen LogP contribution >= 0.6 is 11.6 Å². The lowest BCUT2D eigenvalue weighted by Gasteiger charge is -2.20. The molecule has 1 N–H and O–H groups in total. The topological polar surface area (TPSA) is 75.4 Å². The Hall–Kier alpha value is -2.25. The molecule has 1 aliphatic rings. The summed E-state index contributed by atoms with van der Waals surface area (Å²) in [7, 11) is 0. The average Bonchev–Trinajstić information content (AvgIpc) is 3.22. The molecule has 3 rings (SSSR count). The van der Waals surface area contributed by atoms with Gasteiger partial charge >= 0.3 is 0 Å². The molecule has 2 aromatic rings. The molecule has 1 fully saturated rings. The first-order valence-electron chi connectivity index (χ1n) is 8.40. The van der Waals surface area contributed by atoms with E-state index in [1.807, 2.05) is 6.92 Å². The van der Waals surface area contributed by atoms with Crippen LogP contribution in [0.2, 0.25) is 5.02 Å². The summed E-state index contributed by atoms with van der Waals surface area (Å²) in [6.45, 7) is 2.79. The maximum absolute atomic E-state index is 13.9. The second kappa shape index (κ2) is 7.17. The molecule has 6 nitrogen and oxygen atoms in total. The minimum absolute atomic E-state index is 0.000000332. The van der Waals surface area contributed by atoms with Crippen molar-refractivity contribution in [3.8, 4) is 0 Å². The summed E-state index contributed by atoms with van der Waals surface area (Å²) in [6.07, 6.45) is 3.13. The number of benzene rings is 1. The summed E-state index contributed by atoms with van der Waals surface area (Å²) in [5.74, 6) is -1.86. The number of aliphatic hydroxyl groups is 1. The lowest BCUT2D eigenvalue weighted by atomic mass is 9.92. The number of aromatic nitrogens is 2. The van der Waals surface area contributed by atoms with Gasteiger partial charge < -0.3 is 10.0 Å². The molecule has 8 heteroatoms. The molecule has 138 valence electrons. The second-order valence-corrected chi connectivity index (χ2v) is 6.66. The van der Waals surface area contributed by atoms with Crippen LogP contribution in [-0.4, -0.2) is 38.7 Å². The number of aryl methyl sites for hydroxylation is 2. The van der Waals surface area contributed by atoms with E-state index in [0.29, 0.717) is 12.2 Å². The number of anilines is 1. The van der Waals surface area contributed by atoms with Crippen molar-refractivity contribution in [1.82, 2.24) is 9.78 Å². The van der Waals surface area contributed by atoms with Crippen LogP contribution in [0.3, 0.4) is 0 Å². The van der Waals surface area contributed by atoms with Crippen molar-refractivity contribution in [2.24, 2.45) is 0 Å². The van der Waals surface area contributed by atoms with Crippen LogP contribution in [0.15, 0.2) is 30.6 Å². The van der Waals surface area contributed by atoms with Crippen molar-refractivity contribution in [3.63, 3.8) is 0 Å². The number of hydrogen-bond donors (Lipinski definition) is 1. The Morgan fingerprint density at radius 1 is 1.46 bits per heavy atom. The molecule has 0 bridgehead atoms. The standard InChI is InChI=1S/C18H19ClFN3O3/c1-2-22-11-13(10-21-22)23-9-8-18(26,17(23)25)15(24)7-6-12-4-3-5-14(19)16(12)20/h3-5,10-11,26H,2,6-9H2,1H3/t18-/m0/s1. The summed E-state index contributed by atoms with van der Waals surface area (Å²) in [5, 5.41) is 14.7. The zero-order valence-electron chi connectivity index (χ0n) is 14.3. The molecule has 26 heavy (non-hydrogen) atoms. The van der Waals surface area contributed by atoms with Crippen LogP contribution in [0.5, 0.6) is 0 Å². The van der Waals surface area contributed by atoms with E-state index < -0.39 is 23.1 Å². The van der Waals surface area contributed by atoms with E-state index in [1.54, 1.807) is 16.9 Å². The molecule has 1 aromatic carbocycles. The fourth-order valence-corrected chi connectivity index (χ4v) is 3.27. The van der Waals surface area contributed by atoms with Gasteiger partial charge in [0, 0.05) is 32.1 Å². The van der Waals surface area contributed by atoms with Gasteiger partial charge in [0.05, 0.1) is 16.9 Å². The highest BCUT2D eigenvalue weighted by molar-refractivity contribution is 6.30. The number of carbonyl (C=O) groups excluding carboxylic acids is 2. The van der Waals surface area contributed by atoms with Gasteiger partial charge in [0.1, 0.15) is 5.82 Å². The Morgan fingerprint density at radius 3 is 2.92 bits per heavy atom. The molecule has 0 saturated carbocycles. The van der Waals surface area contributed by atoms with Gasteiger partial charge in [-0.3, -0.25) is 14.3 Å². The Kier molecular flexibility index (Phi) is 5.11. The van der Waals surface area contributed by atoms with Crippen LogP contribution < -0.4 is 4.90 Å². The predicted octanol–water partition coefficient (Wildman–Crippen LogP) is 2.37. The van der Waals surface area contributed by atoms with Crippen LogP contribution in [0.1, 0.15) is 25.3 Å². The number of Topliss-reactive ketones (excluding diaryl/α,β-unsaturated/α-hetero) is 1. The fraction of sp³-hybridized carbons (Fsp3) is 0.389. The largest absolute Gasteiger partial charge is 0.373 e. The fourth-order valence-electron chi connectivity index (χ4n) is 3.07. The van der Waals surface area contributed by atoms with E-state index in [9.17, 15) is 19.1 Å². The second-order valence-electron chi connectivity index (χ2n) is 6.26. The molecule has 0 radical (unpaired) electrons. The van der Waals surface area contributed by atoms with Crippen LogP contribution in [-0.2, 0) is 22.6 Å². The maximum Gasteiger partial charge on any atom is 0.266 e. The van der Waals surface area contributed by atoms with Gasteiger partial charge in [-0.15, -0.1) is 0 Å². The highest BCUT2D eigenvalue weighted by Gasteiger charge is 2.51. The van der Waals surface area contributed by atoms with E-state index in [0.717, 1.165) is 0 Å². The molecule has 1 amide bonds. The predicted molar refractivity (Wildman–Crippen MR) is 94.6 cm³/mol. The minimum Gasteiger partial charge on any atom is -0.373 e. The van der Waals surface area contributed by atoms with E-state index in [2.05, 4.69) is 5.10 Å². The van der Waals surface area contributed by atoms with Crippen molar-refractivity contribution < 1.29 is 19.1 Å². The van der Waals surface area contributed by atoms with E-state index in [4.69, 9.17) is 11.6 Å². The van der Waals surface area contributed by atoms with Crippen molar-refractivity contribution >= 4 is 29.0 Å². The first kappa shape index (κ1) is 18.5. The van der Waals surface area contributed by atoms with Crippen molar-refractivity contribution in [2.45, 2.75) is 38.3 Å². The normalized spacial score (nSPS) is 20.0. The van der Waals surface area contributed by atoms with Gasteiger partial charge in [0.15, 0.2) is 5.78 Å². The molecule has 1 saturated heterocycles. The molecule has 2 heterocycles. The maximum atomic E-state index is 13.9. The summed E-state index contributed by atoms with van der Waals surface area (Å²) in [5.41, 5.74) is -1.26. The smallest absolute Gasteiger partial charge is 0.266 e. The van der Waals surface area contributed by atoms with Crippen molar-refractivity contribution in [3.05, 3.63) is 47.0 Å². The summed E-state index contributed by atoms with van der Waals surface area (Å²) in [6, 6.07) is 4.54. The number of carbonyl (C=O) groups is 2. The highest BCUT2D eigenvalue weighted by atomic mass is 35.5. The lowest BCUT2D eigenvalue weighted by Crippen LogP contribution is -2.47. The van der Waals surface area contributed by atoms with Gasteiger partial charge in [0.2, 0.25) is 5.60 Å². The SMILES string of the molecule is CCn1cc(N2CC[C@](O)(C(=O)CCc3cccc(Cl)c3F)C2=O)cn1. The van der Waals surface area contributed by atoms with Crippen LogP contribution in [0, 0.1) is 5.82 Å². The van der Waals surface area contributed by atoms with E-state index in [-0.39, 0.29) is 36.4 Å². The molecule has 1 aliphatic heterocycles. The average molecular weight is 380 g/mol. The van der Waals surface area contributed by atoms with Crippen molar-refractivity contribution in [2.75, 3.05) is 11.4 Å². The molecule has 0 unspecified atom stereocenters. The number of hydrogen-bond acceptors (Lipinski definition) is 4. The number of nitrogens with zero attached hydrogens (tertiary/aromatic N) is 3. The number of amides is 1. The third kappa shape index (κ3) is 3.24. The van der Waals surface area contributed by atoms with Gasteiger partial charge in [-0.2, -0.15) is 5.10 Å². The lowest BCUT2D eigenvalue weighted by molar-refractivity contribution is -0.147. The Bertz CT molecular complexity index is 854. The molecule has 1 atom stereocenters. The van der Waals surface area contributed by atoms with Crippen LogP contribution in [0.25, 0.3) is 0 Å². The van der Waals surface area contributed by atoms with Gasteiger partial charge in [0.25, 0.3) is 5.91 Å². The summed E-state index contributed by atoms with van der Waals surface area (Å²) in [4.78, 5) is 26.5. The number of halogens is 2.